The Hall–Kier alpha value is -2.74. The SMILES string of the molecule is N#Cc1cnc(Nc2ccc(S(=O)(=O)NC3CC3)cc2)nc1OC1CCCC1O. The van der Waals surface area contributed by atoms with Crippen molar-refractivity contribution in [3.05, 3.63) is 36.0 Å². The molecular weight excluding hydrogens is 394 g/mol. The Morgan fingerprint density at radius 2 is 1.93 bits per heavy atom. The first-order valence-electron chi connectivity index (χ1n) is 9.46. The molecule has 0 amide bonds. The predicted molar refractivity (Wildman–Crippen MR) is 104 cm³/mol. The molecule has 152 valence electrons. The molecule has 2 fully saturated rings. The van der Waals surface area contributed by atoms with E-state index in [1.54, 1.807) is 12.1 Å². The number of nitrogens with one attached hydrogen (secondary N) is 2. The number of rotatable bonds is 7. The average Bonchev–Trinajstić information content (AvgIpc) is 3.42. The van der Waals surface area contributed by atoms with Crippen LogP contribution in [0.5, 0.6) is 5.88 Å². The van der Waals surface area contributed by atoms with E-state index in [1.165, 1.54) is 18.3 Å². The van der Waals surface area contributed by atoms with Crippen LogP contribution in [0, 0.1) is 11.3 Å². The number of aliphatic hydroxyl groups excluding tert-OH is 1. The second kappa shape index (κ2) is 7.94. The van der Waals surface area contributed by atoms with Gasteiger partial charge in [-0.2, -0.15) is 10.2 Å². The summed E-state index contributed by atoms with van der Waals surface area (Å²) >= 11 is 0. The minimum absolute atomic E-state index is 0.0432. The maximum Gasteiger partial charge on any atom is 0.240 e. The molecule has 0 spiro atoms. The van der Waals surface area contributed by atoms with Gasteiger partial charge in [-0.05, 0) is 56.4 Å². The maximum absolute atomic E-state index is 12.2. The van der Waals surface area contributed by atoms with Gasteiger partial charge >= 0.3 is 0 Å². The van der Waals surface area contributed by atoms with Gasteiger partial charge in [0, 0.05) is 11.7 Å². The van der Waals surface area contributed by atoms with Gasteiger partial charge in [-0.1, -0.05) is 0 Å². The zero-order chi connectivity index (χ0) is 20.4. The lowest BCUT2D eigenvalue weighted by Crippen LogP contribution is -2.26. The van der Waals surface area contributed by atoms with Crippen molar-refractivity contribution in [3.63, 3.8) is 0 Å². The fraction of sp³-hybridized carbons (Fsp3) is 0.421. The number of aliphatic hydroxyl groups is 1. The highest BCUT2D eigenvalue weighted by molar-refractivity contribution is 7.89. The molecule has 0 radical (unpaired) electrons. The van der Waals surface area contributed by atoms with Crippen LogP contribution in [0.2, 0.25) is 0 Å². The van der Waals surface area contributed by atoms with Crippen molar-refractivity contribution in [1.82, 2.24) is 14.7 Å². The molecule has 2 aliphatic carbocycles. The molecule has 4 rings (SSSR count). The number of aromatic nitrogens is 2. The Morgan fingerprint density at radius 3 is 2.55 bits per heavy atom. The van der Waals surface area contributed by atoms with Crippen molar-refractivity contribution in [2.45, 2.75) is 55.2 Å². The van der Waals surface area contributed by atoms with Gasteiger partial charge in [0.1, 0.15) is 17.7 Å². The van der Waals surface area contributed by atoms with Crippen LogP contribution in [0.15, 0.2) is 35.4 Å². The summed E-state index contributed by atoms with van der Waals surface area (Å²) < 4.78 is 32.8. The van der Waals surface area contributed by atoms with Gasteiger partial charge in [-0.25, -0.2) is 18.1 Å². The predicted octanol–water partition coefficient (Wildman–Crippen LogP) is 1.82. The molecule has 0 bridgehead atoms. The third kappa shape index (κ3) is 4.64. The fourth-order valence-electron chi connectivity index (χ4n) is 3.12. The molecule has 10 heteroatoms. The molecule has 3 N–H and O–H groups in total. The first-order chi connectivity index (χ1) is 13.9. The van der Waals surface area contributed by atoms with E-state index >= 15 is 0 Å². The van der Waals surface area contributed by atoms with Crippen LogP contribution in [0.25, 0.3) is 0 Å². The molecule has 1 aromatic heterocycles. The van der Waals surface area contributed by atoms with Crippen LogP contribution in [-0.4, -0.2) is 41.7 Å². The minimum atomic E-state index is -3.51. The molecule has 1 aromatic carbocycles. The maximum atomic E-state index is 12.2. The first kappa shape index (κ1) is 19.6. The minimum Gasteiger partial charge on any atom is -0.471 e. The normalized spacial score (nSPS) is 21.5. The van der Waals surface area contributed by atoms with E-state index in [1.807, 2.05) is 6.07 Å². The van der Waals surface area contributed by atoms with E-state index in [4.69, 9.17) is 4.74 Å². The number of benzene rings is 1. The van der Waals surface area contributed by atoms with Crippen molar-refractivity contribution in [2.75, 3.05) is 5.32 Å². The van der Waals surface area contributed by atoms with Gasteiger partial charge in [0.15, 0.2) is 0 Å². The Balaban J connectivity index is 1.48. The Bertz CT molecular complexity index is 1030. The highest BCUT2D eigenvalue weighted by atomic mass is 32.2. The average molecular weight is 415 g/mol. The number of hydrogen-bond acceptors (Lipinski definition) is 8. The number of anilines is 2. The van der Waals surface area contributed by atoms with Crippen LogP contribution in [0.1, 0.15) is 37.7 Å². The number of hydrogen-bond donors (Lipinski definition) is 3. The molecule has 2 saturated carbocycles. The smallest absolute Gasteiger partial charge is 0.240 e. The summed E-state index contributed by atoms with van der Waals surface area (Å²) in [6.07, 6.45) is 4.34. The van der Waals surface area contributed by atoms with Crippen LogP contribution in [0.3, 0.4) is 0 Å². The monoisotopic (exact) mass is 415 g/mol. The lowest BCUT2D eigenvalue weighted by molar-refractivity contribution is 0.0572. The van der Waals surface area contributed by atoms with Crippen LogP contribution >= 0.6 is 0 Å². The van der Waals surface area contributed by atoms with E-state index in [9.17, 15) is 18.8 Å². The van der Waals surface area contributed by atoms with Crippen LogP contribution in [0.4, 0.5) is 11.6 Å². The van der Waals surface area contributed by atoms with E-state index in [-0.39, 0.29) is 28.3 Å². The zero-order valence-corrected chi connectivity index (χ0v) is 16.4. The molecule has 29 heavy (non-hydrogen) atoms. The summed E-state index contributed by atoms with van der Waals surface area (Å²) in [7, 11) is -3.51. The van der Waals surface area contributed by atoms with Gasteiger partial charge in [0.2, 0.25) is 21.9 Å². The summed E-state index contributed by atoms with van der Waals surface area (Å²) in [4.78, 5) is 8.54. The molecule has 0 saturated heterocycles. The molecule has 2 aliphatic rings. The number of ether oxygens (including phenoxy) is 1. The summed E-state index contributed by atoms with van der Waals surface area (Å²) in [5.41, 5.74) is 0.772. The number of sulfonamides is 1. The number of nitrogens with zero attached hydrogens (tertiary/aromatic N) is 3. The molecule has 9 nitrogen and oxygen atoms in total. The lowest BCUT2D eigenvalue weighted by Gasteiger charge is -2.17. The highest BCUT2D eigenvalue weighted by Gasteiger charge is 2.29. The summed E-state index contributed by atoms with van der Waals surface area (Å²) in [6.45, 7) is 0. The first-order valence-corrected chi connectivity index (χ1v) is 10.9. The van der Waals surface area contributed by atoms with Gasteiger partial charge in [0.25, 0.3) is 0 Å². The van der Waals surface area contributed by atoms with Gasteiger partial charge in [0.05, 0.1) is 17.2 Å². The topological polar surface area (TPSA) is 137 Å². The van der Waals surface area contributed by atoms with Crippen LogP contribution in [-0.2, 0) is 10.0 Å². The molecule has 2 atom stereocenters. The quantitative estimate of drug-likeness (QED) is 0.623. The van der Waals surface area contributed by atoms with Gasteiger partial charge in [-0.3, -0.25) is 0 Å². The zero-order valence-electron chi connectivity index (χ0n) is 15.6. The van der Waals surface area contributed by atoms with Crippen LogP contribution < -0.4 is 14.8 Å². The molecule has 0 aliphatic heterocycles. The Morgan fingerprint density at radius 1 is 1.17 bits per heavy atom. The van der Waals surface area contributed by atoms with E-state index < -0.39 is 22.2 Å². The van der Waals surface area contributed by atoms with Crippen molar-refractivity contribution in [1.29, 1.82) is 5.26 Å². The van der Waals surface area contributed by atoms with Gasteiger partial charge < -0.3 is 15.2 Å². The van der Waals surface area contributed by atoms with Crippen molar-refractivity contribution >= 4 is 21.7 Å². The summed E-state index contributed by atoms with van der Waals surface area (Å²) in [6, 6.07) is 8.27. The second-order valence-corrected chi connectivity index (χ2v) is 8.94. The summed E-state index contributed by atoms with van der Waals surface area (Å²) in [5, 5.41) is 22.2. The molecular formula is C19H21N5O4S. The van der Waals surface area contributed by atoms with Crippen molar-refractivity contribution in [3.8, 4) is 11.9 Å². The molecule has 2 unspecified atom stereocenters. The van der Waals surface area contributed by atoms with E-state index in [2.05, 4.69) is 20.0 Å². The second-order valence-electron chi connectivity index (χ2n) is 7.22. The Labute approximate surface area is 168 Å². The van der Waals surface area contributed by atoms with E-state index in [0.29, 0.717) is 18.5 Å². The largest absolute Gasteiger partial charge is 0.471 e. The van der Waals surface area contributed by atoms with Crippen molar-refractivity contribution < 1.29 is 18.3 Å². The molecule has 2 aromatic rings. The van der Waals surface area contributed by atoms with Crippen molar-refractivity contribution in [2.24, 2.45) is 0 Å². The standard InChI is InChI=1S/C19H21N5O4S/c20-10-12-11-21-19(23-18(12)28-17-3-1-2-16(17)25)22-13-6-8-15(9-7-13)29(26,27)24-14-4-5-14/h6-9,11,14,16-17,24-25H,1-5H2,(H,21,22,23). The molecule has 1 heterocycles. The van der Waals surface area contributed by atoms with Gasteiger partial charge in [-0.15, -0.1) is 0 Å². The number of nitriles is 1. The van der Waals surface area contributed by atoms with E-state index in [0.717, 1.165) is 19.3 Å². The highest BCUT2D eigenvalue weighted by Crippen LogP contribution is 2.27. The third-order valence-electron chi connectivity index (χ3n) is 4.87. The lowest BCUT2D eigenvalue weighted by atomic mass is 10.2. The summed E-state index contributed by atoms with van der Waals surface area (Å²) in [5.74, 6) is 0.321. The third-order valence-corrected chi connectivity index (χ3v) is 6.41. The Kier molecular flexibility index (Phi) is 5.36. The fourth-order valence-corrected chi connectivity index (χ4v) is 4.42.